The van der Waals surface area contributed by atoms with E-state index in [9.17, 15) is 0 Å². The molecule has 0 fully saturated rings. The maximum absolute atomic E-state index is 2.86. The largest absolute Gasteiger partial charge is 0.0610 e. The molecule has 2 aromatic carbocycles. The van der Waals surface area contributed by atoms with Gasteiger partial charge in [0, 0.05) is 0 Å². The summed E-state index contributed by atoms with van der Waals surface area (Å²) in [7, 11) is 0. The van der Waals surface area contributed by atoms with Crippen LogP contribution in [-0.4, -0.2) is 0 Å². The highest BCUT2D eigenvalue weighted by atomic mass is 13.7. The fourth-order valence-electron chi connectivity index (χ4n) is 0.607. The summed E-state index contributed by atoms with van der Waals surface area (Å²) in [6, 6.07) is 26.0. The lowest BCUT2D eigenvalue weighted by Crippen LogP contribution is -1.50. The lowest BCUT2D eigenvalue weighted by Gasteiger charge is -1.67. The molecule has 2 rings (SSSR count). The van der Waals surface area contributed by atoms with Crippen LogP contribution in [0.1, 0.15) is 0 Å². The second-order valence-corrected chi connectivity index (χ2v) is 2.00. The molecular weight excluding hydrogens is 144 g/mol. The van der Waals surface area contributed by atoms with Gasteiger partial charge < -0.3 is 0 Å². The van der Waals surface area contributed by atoms with Crippen LogP contribution in [0.5, 0.6) is 0 Å². The van der Waals surface area contributed by atoms with E-state index in [1.54, 1.807) is 6.07 Å². The molecule has 2 aromatic rings. The normalized spacial score (nSPS) is 8.00. The maximum Gasteiger partial charge on any atom is -0.0178 e. The average molecular weight is 152 g/mol. The molecule has 0 saturated carbocycles. The molecule has 0 heterocycles. The fourth-order valence-corrected chi connectivity index (χ4v) is 0.607. The molecule has 4 radical (unpaired) electrons. The predicted octanol–water partition coefficient (Wildman–Crippen LogP) is 2.57. The maximum atomic E-state index is 2.86. The van der Waals surface area contributed by atoms with Crippen LogP contribution in [0.25, 0.3) is 0 Å². The molecule has 56 valence electrons. The van der Waals surface area contributed by atoms with Crippen molar-refractivity contribution in [3.05, 3.63) is 72.8 Å². The van der Waals surface area contributed by atoms with Crippen LogP contribution >= 0.6 is 0 Å². The monoisotopic (exact) mass is 152 g/mol. The minimum atomic E-state index is 1.75. The number of hydrogen-bond donors (Lipinski definition) is 0. The SMILES string of the molecule is [c]1c[c]ccc1.[c]1cc[c]cc1. The van der Waals surface area contributed by atoms with Crippen LogP contribution in [0.4, 0.5) is 0 Å². The molecule has 0 heteroatoms. The summed E-state index contributed by atoms with van der Waals surface area (Å²) in [6.45, 7) is 0. The summed E-state index contributed by atoms with van der Waals surface area (Å²) in [5, 5.41) is 0. The molecule has 0 aromatic heterocycles. The zero-order chi connectivity index (χ0) is 8.49. The van der Waals surface area contributed by atoms with Crippen molar-refractivity contribution in [2.75, 3.05) is 0 Å². The summed E-state index contributed by atoms with van der Waals surface area (Å²) in [6.07, 6.45) is 0. The van der Waals surface area contributed by atoms with Gasteiger partial charge in [0.25, 0.3) is 0 Å². The van der Waals surface area contributed by atoms with Crippen LogP contribution in [0.3, 0.4) is 0 Å². The molecule has 0 amide bonds. The molecule has 0 bridgehead atoms. The standard InChI is InChI=1S/2C6H4/c2*1-2-4-6-5-3-1/h1-2,5-6H;1-3,6H. The zero-order valence-electron chi connectivity index (χ0n) is 6.62. The molecule has 0 atom stereocenters. The second kappa shape index (κ2) is 6.17. The number of hydrogen-bond acceptors (Lipinski definition) is 0. The van der Waals surface area contributed by atoms with Gasteiger partial charge in [0.15, 0.2) is 0 Å². The van der Waals surface area contributed by atoms with Gasteiger partial charge in [0.2, 0.25) is 0 Å². The van der Waals surface area contributed by atoms with Gasteiger partial charge in [-0.3, -0.25) is 0 Å². The van der Waals surface area contributed by atoms with Gasteiger partial charge in [-0.15, -0.1) is 0 Å². The first-order valence-corrected chi connectivity index (χ1v) is 3.64. The molecule has 0 nitrogen and oxygen atoms in total. The third-order valence-corrected chi connectivity index (χ3v) is 1.10. The Morgan fingerprint density at radius 3 is 1.17 bits per heavy atom. The first-order valence-electron chi connectivity index (χ1n) is 3.64. The molecule has 0 spiro atoms. The summed E-state index contributed by atoms with van der Waals surface area (Å²) in [4.78, 5) is 0. The fraction of sp³-hybridized carbons (Fsp3) is 0. The number of rotatable bonds is 0. The van der Waals surface area contributed by atoms with Crippen LogP contribution in [-0.2, 0) is 0 Å². The zero-order valence-corrected chi connectivity index (χ0v) is 6.62. The van der Waals surface area contributed by atoms with Crippen molar-refractivity contribution in [3.63, 3.8) is 0 Å². The van der Waals surface area contributed by atoms with Crippen LogP contribution in [0.2, 0.25) is 0 Å². The van der Waals surface area contributed by atoms with Gasteiger partial charge >= 0.3 is 0 Å². The molecule has 0 aliphatic heterocycles. The van der Waals surface area contributed by atoms with Gasteiger partial charge in [-0.05, 0) is 30.3 Å². The Balaban J connectivity index is 0.000000120. The summed E-state index contributed by atoms with van der Waals surface area (Å²) < 4.78 is 0. The lowest BCUT2D eigenvalue weighted by molar-refractivity contribution is 1.68. The first kappa shape index (κ1) is 8.54. The van der Waals surface area contributed by atoms with Gasteiger partial charge in [0.05, 0.1) is 0 Å². The summed E-state index contributed by atoms with van der Waals surface area (Å²) >= 11 is 0. The Bertz CT molecular complexity index is 175. The Morgan fingerprint density at radius 1 is 0.500 bits per heavy atom. The molecule has 0 N–H and O–H groups in total. The van der Waals surface area contributed by atoms with Crippen molar-refractivity contribution in [1.29, 1.82) is 0 Å². The Hall–Kier alpha value is -1.56. The lowest BCUT2D eigenvalue weighted by atomic mass is 10.4. The highest BCUT2D eigenvalue weighted by Gasteiger charge is 1.60. The van der Waals surface area contributed by atoms with E-state index >= 15 is 0 Å². The van der Waals surface area contributed by atoms with Gasteiger partial charge in [-0.25, -0.2) is 0 Å². The van der Waals surface area contributed by atoms with E-state index in [0.29, 0.717) is 0 Å². The van der Waals surface area contributed by atoms with Crippen LogP contribution in [0, 0.1) is 24.3 Å². The minimum Gasteiger partial charge on any atom is -0.0610 e. The van der Waals surface area contributed by atoms with Crippen molar-refractivity contribution in [2.45, 2.75) is 0 Å². The molecule has 12 heavy (non-hydrogen) atoms. The molecule has 0 saturated heterocycles. The van der Waals surface area contributed by atoms with Crippen molar-refractivity contribution in [3.8, 4) is 0 Å². The highest BCUT2D eigenvalue weighted by molar-refractivity contribution is 4.96. The van der Waals surface area contributed by atoms with Crippen molar-refractivity contribution < 1.29 is 0 Å². The average Bonchev–Trinajstić information content (AvgIpc) is 2.24. The van der Waals surface area contributed by atoms with E-state index in [1.807, 2.05) is 42.5 Å². The Kier molecular flexibility index (Phi) is 4.39. The summed E-state index contributed by atoms with van der Waals surface area (Å²) in [5.74, 6) is 0. The van der Waals surface area contributed by atoms with Crippen LogP contribution < -0.4 is 0 Å². The third-order valence-electron chi connectivity index (χ3n) is 1.10. The first-order chi connectivity index (χ1) is 6.00. The van der Waals surface area contributed by atoms with E-state index in [1.165, 1.54) is 0 Å². The van der Waals surface area contributed by atoms with Crippen molar-refractivity contribution in [2.24, 2.45) is 0 Å². The predicted molar refractivity (Wildman–Crippen MR) is 48.2 cm³/mol. The van der Waals surface area contributed by atoms with Crippen molar-refractivity contribution >= 4 is 0 Å². The molecule has 0 aliphatic rings. The third kappa shape index (κ3) is 4.29. The Labute approximate surface area is 73.5 Å². The molecule has 0 unspecified atom stereocenters. The quantitative estimate of drug-likeness (QED) is 0.544. The van der Waals surface area contributed by atoms with Gasteiger partial charge in [-0.1, -0.05) is 42.5 Å². The Morgan fingerprint density at radius 2 is 1.00 bits per heavy atom. The summed E-state index contributed by atoms with van der Waals surface area (Å²) in [5.41, 5.74) is 0. The second-order valence-electron chi connectivity index (χ2n) is 2.00. The van der Waals surface area contributed by atoms with Gasteiger partial charge in [0.1, 0.15) is 0 Å². The van der Waals surface area contributed by atoms with E-state index in [2.05, 4.69) is 24.3 Å². The smallest absolute Gasteiger partial charge is 0.0178 e. The molecular formula is C12H8. The van der Waals surface area contributed by atoms with E-state index in [0.717, 1.165) is 0 Å². The van der Waals surface area contributed by atoms with Crippen LogP contribution in [0.15, 0.2) is 48.5 Å². The van der Waals surface area contributed by atoms with E-state index in [-0.39, 0.29) is 0 Å². The van der Waals surface area contributed by atoms with E-state index < -0.39 is 0 Å². The number of benzene rings is 2. The van der Waals surface area contributed by atoms with Crippen molar-refractivity contribution in [1.82, 2.24) is 0 Å². The topological polar surface area (TPSA) is 0 Å². The minimum absolute atomic E-state index is 1.75. The van der Waals surface area contributed by atoms with Gasteiger partial charge in [-0.2, -0.15) is 0 Å². The molecule has 0 aliphatic carbocycles. The highest BCUT2D eigenvalue weighted by Crippen LogP contribution is 1.78. The van der Waals surface area contributed by atoms with E-state index in [4.69, 9.17) is 0 Å².